The third kappa shape index (κ3) is 3.12. The first-order chi connectivity index (χ1) is 11.1. The van der Waals surface area contributed by atoms with Crippen LogP contribution in [0.5, 0.6) is 0 Å². The number of aromatic nitrogens is 4. The normalized spacial score (nSPS) is 18.6. The number of rotatable bonds is 4. The van der Waals surface area contributed by atoms with Crippen molar-refractivity contribution in [1.82, 2.24) is 25.1 Å². The minimum atomic E-state index is -0.321. The number of oxazole rings is 1. The maximum absolute atomic E-state index is 12.7. The van der Waals surface area contributed by atoms with Crippen LogP contribution >= 0.6 is 0 Å². The molecule has 2 aromatic rings. The summed E-state index contributed by atoms with van der Waals surface area (Å²) >= 11 is 0. The number of ether oxygens (including phenoxy) is 1. The van der Waals surface area contributed by atoms with Crippen molar-refractivity contribution in [2.75, 3.05) is 19.7 Å². The molecule has 1 aliphatic heterocycles. The van der Waals surface area contributed by atoms with E-state index in [4.69, 9.17) is 9.15 Å². The number of nitrogens with one attached hydrogen (secondary N) is 1. The molecule has 0 aliphatic carbocycles. The van der Waals surface area contributed by atoms with Crippen molar-refractivity contribution in [2.24, 2.45) is 0 Å². The Balaban J connectivity index is 1.75. The molecule has 23 heavy (non-hydrogen) atoms. The molecular formula is C15H21N5O3. The van der Waals surface area contributed by atoms with E-state index in [-0.39, 0.29) is 17.9 Å². The summed E-state index contributed by atoms with van der Waals surface area (Å²) in [4.78, 5) is 22.9. The highest BCUT2D eigenvalue weighted by atomic mass is 16.5. The van der Waals surface area contributed by atoms with Crippen molar-refractivity contribution in [1.29, 1.82) is 0 Å². The van der Waals surface area contributed by atoms with Crippen molar-refractivity contribution in [2.45, 2.75) is 39.2 Å². The van der Waals surface area contributed by atoms with Crippen molar-refractivity contribution in [3.05, 3.63) is 29.5 Å². The topological polar surface area (TPSA) is 97.1 Å². The van der Waals surface area contributed by atoms with Gasteiger partial charge in [0.25, 0.3) is 5.91 Å². The van der Waals surface area contributed by atoms with Crippen LogP contribution in [0.4, 0.5) is 0 Å². The number of carbonyl (C=O) groups excluding carboxylic acids is 1. The van der Waals surface area contributed by atoms with Gasteiger partial charge in [0.15, 0.2) is 17.9 Å². The highest BCUT2D eigenvalue weighted by Gasteiger charge is 2.31. The first-order valence-corrected chi connectivity index (χ1v) is 7.85. The molecule has 1 atom stereocenters. The Hall–Kier alpha value is -2.22. The average Bonchev–Trinajstić information content (AvgIpc) is 3.23. The number of hydrogen-bond donors (Lipinski definition) is 1. The third-order valence-electron chi connectivity index (χ3n) is 3.85. The molecule has 0 bridgehead atoms. The number of carbonyl (C=O) groups is 1. The number of morpholine rings is 1. The van der Waals surface area contributed by atoms with E-state index < -0.39 is 0 Å². The van der Waals surface area contributed by atoms with Crippen LogP contribution in [0.15, 0.2) is 10.8 Å². The van der Waals surface area contributed by atoms with Crippen LogP contribution in [0.1, 0.15) is 60.7 Å². The largest absolute Gasteiger partial charge is 0.447 e. The van der Waals surface area contributed by atoms with E-state index in [9.17, 15) is 4.79 Å². The maximum Gasteiger partial charge on any atom is 0.276 e. The molecule has 0 saturated carbocycles. The molecule has 8 nitrogen and oxygen atoms in total. The molecule has 0 spiro atoms. The van der Waals surface area contributed by atoms with Gasteiger partial charge < -0.3 is 14.1 Å². The molecule has 1 amide bonds. The minimum absolute atomic E-state index is 0.105. The second-order valence-electron chi connectivity index (χ2n) is 5.82. The minimum Gasteiger partial charge on any atom is -0.447 e. The van der Waals surface area contributed by atoms with Crippen LogP contribution in [0.25, 0.3) is 0 Å². The maximum atomic E-state index is 12.7. The quantitative estimate of drug-likeness (QED) is 0.921. The fourth-order valence-electron chi connectivity index (χ4n) is 2.58. The van der Waals surface area contributed by atoms with E-state index in [0.717, 1.165) is 12.2 Å². The molecule has 2 aromatic heterocycles. The summed E-state index contributed by atoms with van der Waals surface area (Å²) in [6.45, 7) is 7.31. The summed E-state index contributed by atoms with van der Waals surface area (Å²) in [5.74, 6) is 1.98. The standard InChI is InChI=1S/C15H21N5O3/c1-4-11-17-14(19-18-11)10-7-20(5-6-22-10)15(21)12-13(9(2)3)23-8-16-12/h8-10H,4-7H2,1-3H3,(H,17,18,19)/t10-/m0/s1. The van der Waals surface area contributed by atoms with Gasteiger partial charge in [0.2, 0.25) is 0 Å². The van der Waals surface area contributed by atoms with E-state index in [2.05, 4.69) is 20.2 Å². The Morgan fingerprint density at radius 1 is 1.52 bits per heavy atom. The molecule has 0 unspecified atom stereocenters. The number of aryl methyl sites for hydroxylation is 1. The Morgan fingerprint density at radius 3 is 3.04 bits per heavy atom. The second kappa shape index (κ2) is 6.49. The molecular weight excluding hydrogens is 298 g/mol. The van der Waals surface area contributed by atoms with Crippen LogP contribution in [0.3, 0.4) is 0 Å². The van der Waals surface area contributed by atoms with Gasteiger partial charge in [-0.15, -0.1) is 0 Å². The Kier molecular flexibility index (Phi) is 4.42. The lowest BCUT2D eigenvalue weighted by Crippen LogP contribution is -2.43. The Morgan fingerprint density at radius 2 is 2.35 bits per heavy atom. The van der Waals surface area contributed by atoms with Crippen LogP contribution in [0, 0.1) is 0 Å². The van der Waals surface area contributed by atoms with E-state index in [1.807, 2.05) is 20.8 Å². The van der Waals surface area contributed by atoms with Crippen molar-refractivity contribution in [3.8, 4) is 0 Å². The van der Waals surface area contributed by atoms with Gasteiger partial charge in [0.1, 0.15) is 17.7 Å². The van der Waals surface area contributed by atoms with Gasteiger partial charge in [-0.1, -0.05) is 20.8 Å². The van der Waals surface area contributed by atoms with E-state index in [1.54, 1.807) is 4.90 Å². The van der Waals surface area contributed by atoms with Gasteiger partial charge in [-0.3, -0.25) is 9.89 Å². The molecule has 124 valence electrons. The van der Waals surface area contributed by atoms with Gasteiger partial charge in [-0.25, -0.2) is 9.97 Å². The lowest BCUT2D eigenvalue weighted by atomic mass is 10.1. The number of hydrogen-bond acceptors (Lipinski definition) is 6. The number of aromatic amines is 1. The number of H-pyrrole nitrogens is 1. The predicted molar refractivity (Wildman–Crippen MR) is 80.9 cm³/mol. The van der Waals surface area contributed by atoms with Gasteiger partial charge in [0.05, 0.1) is 13.2 Å². The average molecular weight is 319 g/mol. The van der Waals surface area contributed by atoms with Crippen molar-refractivity contribution in [3.63, 3.8) is 0 Å². The summed E-state index contributed by atoms with van der Waals surface area (Å²) < 4.78 is 11.1. The van der Waals surface area contributed by atoms with Crippen LogP contribution in [-0.2, 0) is 11.2 Å². The number of amides is 1. The molecule has 1 fully saturated rings. The van der Waals surface area contributed by atoms with Crippen LogP contribution < -0.4 is 0 Å². The highest BCUT2D eigenvalue weighted by Crippen LogP contribution is 2.24. The zero-order valence-corrected chi connectivity index (χ0v) is 13.6. The summed E-state index contributed by atoms with van der Waals surface area (Å²) in [5.41, 5.74) is 0.380. The van der Waals surface area contributed by atoms with Crippen LogP contribution in [-0.4, -0.2) is 50.7 Å². The molecule has 3 heterocycles. The zero-order valence-electron chi connectivity index (χ0n) is 13.6. The smallest absolute Gasteiger partial charge is 0.276 e. The fraction of sp³-hybridized carbons (Fsp3) is 0.600. The zero-order chi connectivity index (χ0) is 16.4. The summed E-state index contributed by atoms with van der Waals surface area (Å²) in [6.07, 6.45) is 1.78. The van der Waals surface area contributed by atoms with E-state index >= 15 is 0 Å². The molecule has 8 heteroatoms. The molecule has 1 aliphatic rings. The van der Waals surface area contributed by atoms with Gasteiger partial charge in [-0.2, -0.15) is 5.10 Å². The first kappa shape index (κ1) is 15.7. The van der Waals surface area contributed by atoms with Gasteiger partial charge in [0, 0.05) is 18.9 Å². The molecule has 1 saturated heterocycles. The number of nitrogens with zero attached hydrogens (tertiary/aromatic N) is 4. The van der Waals surface area contributed by atoms with Crippen molar-refractivity contribution >= 4 is 5.91 Å². The van der Waals surface area contributed by atoms with Crippen molar-refractivity contribution < 1.29 is 13.9 Å². The summed E-state index contributed by atoms with van der Waals surface area (Å²) in [5, 5.41) is 7.06. The molecule has 1 N–H and O–H groups in total. The second-order valence-corrected chi connectivity index (χ2v) is 5.82. The van der Waals surface area contributed by atoms with E-state index in [1.165, 1.54) is 6.39 Å². The summed E-state index contributed by atoms with van der Waals surface area (Å²) in [6, 6.07) is 0. The monoisotopic (exact) mass is 319 g/mol. The Labute approximate surface area is 134 Å². The SMILES string of the molecule is CCc1nc([C@@H]2CN(C(=O)c3ncoc3C(C)C)CCO2)n[nH]1. The molecule has 0 aromatic carbocycles. The predicted octanol–water partition coefficient (Wildman–Crippen LogP) is 1.69. The van der Waals surface area contributed by atoms with Gasteiger partial charge >= 0.3 is 0 Å². The Bertz CT molecular complexity index is 678. The highest BCUT2D eigenvalue weighted by molar-refractivity contribution is 5.93. The molecule has 0 radical (unpaired) electrons. The van der Waals surface area contributed by atoms with Crippen LogP contribution in [0.2, 0.25) is 0 Å². The van der Waals surface area contributed by atoms with E-state index in [0.29, 0.717) is 37.0 Å². The molecule has 3 rings (SSSR count). The summed E-state index contributed by atoms with van der Waals surface area (Å²) in [7, 11) is 0. The lowest BCUT2D eigenvalue weighted by Gasteiger charge is -2.31. The van der Waals surface area contributed by atoms with Gasteiger partial charge in [-0.05, 0) is 0 Å². The lowest BCUT2D eigenvalue weighted by molar-refractivity contribution is -0.0269. The fourth-order valence-corrected chi connectivity index (χ4v) is 2.58. The third-order valence-corrected chi connectivity index (χ3v) is 3.85. The first-order valence-electron chi connectivity index (χ1n) is 7.85.